The van der Waals surface area contributed by atoms with Crippen molar-refractivity contribution < 1.29 is 5.11 Å². The van der Waals surface area contributed by atoms with Crippen molar-refractivity contribution in [2.75, 3.05) is 11.9 Å². The van der Waals surface area contributed by atoms with Crippen LogP contribution in [0.3, 0.4) is 0 Å². The maximum absolute atomic E-state index is 9.34. The van der Waals surface area contributed by atoms with Gasteiger partial charge in [0.1, 0.15) is 0 Å². The third-order valence-electron chi connectivity index (χ3n) is 2.03. The molecule has 0 saturated carbocycles. The van der Waals surface area contributed by atoms with Crippen LogP contribution in [0.4, 0.5) is 5.69 Å². The molecule has 80 valence electrons. The Bertz CT molecular complexity index is 373. The van der Waals surface area contributed by atoms with Gasteiger partial charge in [0.15, 0.2) is 0 Å². The monoisotopic (exact) mass is 268 g/mol. The first-order valence-corrected chi connectivity index (χ1v) is 5.48. The highest BCUT2D eigenvalue weighted by atomic mass is 79.9. The molecule has 0 bridgehead atoms. The number of nitrogens with zero attached hydrogens (tertiary/aromatic N) is 1. The number of halogens is 1. The topological polar surface area (TPSA) is 56.0 Å². The van der Waals surface area contributed by atoms with Crippen LogP contribution in [0.5, 0.6) is 0 Å². The van der Waals surface area contributed by atoms with Gasteiger partial charge in [-0.05, 0) is 30.7 Å². The van der Waals surface area contributed by atoms with E-state index in [-0.39, 0.29) is 6.42 Å². The zero-order valence-electron chi connectivity index (χ0n) is 8.50. The highest BCUT2D eigenvalue weighted by Crippen LogP contribution is 2.19. The van der Waals surface area contributed by atoms with Gasteiger partial charge in [0, 0.05) is 16.7 Å². The van der Waals surface area contributed by atoms with Crippen molar-refractivity contribution in [1.82, 2.24) is 0 Å². The zero-order chi connectivity index (χ0) is 11.3. The van der Waals surface area contributed by atoms with E-state index < -0.39 is 6.10 Å². The molecule has 4 heteroatoms. The lowest BCUT2D eigenvalue weighted by Gasteiger charge is -2.10. The summed E-state index contributed by atoms with van der Waals surface area (Å²) in [6, 6.07) is 7.80. The summed E-state index contributed by atoms with van der Waals surface area (Å²) in [5, 5.41) is 20.8. The molecule has 0 fully saturated rings. The lowest BCUT2D eigenvalue weighted by Crippen LogP contribution is -2.18. The second-order valence-electron chi connectivity index (χ2n) is 3.36. The Hall–Kier alpha value is -1.05. The number of hydrogen-bond acceptors (Lipinski definition) is 3. The molecule has 0 aromatic heterocycles. The fourth-order valence-corrected chi connectivity index (χ4v) is 1.41. The van der Waals surface area contributed by atoms with Gasteiger partial charge in [-0.25, -0.2) is 0 Å². The standard InChI is InChI=1S/C11H13BrN2O/c1-8-6-9(2-3-11(8)12)14-7-10(15)4-5-13/h2-3,6,10,14-15H,4,7H2,1H3. The summed E-state index contributed by atoms with van der Waals surface area (Å²) in [7, 11) is 0. The van der Waals surface area contributed by atoms with Gasteiger partial charge in [0.2, 0.25) is 0 Å². The Morgan fingerprint density at radius 3 is 2.93 bits per heavy atom. The van der Waals surface area contributed by atoms with E-state index in [1.165, 1.54) is 0 Å². The maximum Gasteiger partial charge on any atom is 0.0842 e. The van der Waals surface area contributed by atoms with Crippen LogP contribution in [-0.4, -0.2) is 17.8 Å². The normalized spacial score (nSPS) is 11.9. The van der Waals surface area contributed by atoms with E-state index in [1.54, 1.807) is 0 Å². The van der Waals surface area contributed by atoms with E-state index >= 15 is 0 Å². The summed E-state index contributed by atoms with van der Waals surface area (Å²) in [5.41, 5.74) is 2.09. The van der Waals surface area contributed by atoms with Crippen molar-refractivity contribution in [3.63, 3.8) is 0 Å². The molecule has 0 heterocycles. The molecular formula is C11H13BrN2O. The van der Waals surface area contributed by atoms with Crippen molar-refractivity contribution in [1.29, 1.82) is 5.26 Å². The Morgan fingerprint density at radius 2 is 2.33 bits per heavy atom. The first-order chi connectivity index (χ1) is 7.13. The van der Waals surface area contributed by atoms with Gasteiger partial charge in [0.25, 0.3) is 0 Å². The predicted octanol–water partition coefficient (Wildman–Crippen LogP) is 2.44. The van der Waals surface area contributed by atoms with E-state index in [4.69, 9.17) is 5.26 Å². The molecule has 1 atom stereocenters. The van der Waals surface area contributed by atoms with Crippen molar-refractivity contribution in [2.24, 2.45) is 0 Å². The fraction of sp³-hybridized carbons (Fsp3) is 0.364. The number of rotatable bonds is 4. The second-order valence-corrected chi connectivity index (χ2v) is 4.22. The van der Waals surface area contributed by atoms with Crippen molar-refractivity contribution in [2.45, 2.75) is 19.4 Å². The minimum absolute atomic E-state index is 0.155. The third-order valence-corrected chi connectivity index (χ3v) is 2.92. The van der Waals surface area contributed by atoms with Crippen LogP contribution in [0.1, 0.15) is 12.0 Å². The third kappa shape index (κ3) is 3.90. The molecule has 0 radical (unpaired) electrons. The number of benzene rings is 1. The molecule has 0 spiro atoms. The minimum Gasteiger partial charge on any atom is -0.390 e. The van der Waals surface area contributed by atoms with Gasteiger partial charge >= 0.3 is 0 Å². The molecule has 15 heavy (non-hydrogen) atoms. The minimum atomic E-state index is -0.612. The van der Waals surface area contributed by atoms with Crippen LogP contribution in [0.25, 0.3) is 0 Å². The molecule has 0 aliphatic carbocycles. The molecule has 1 unspecified atom stereocenters. The fourth-order valence-electron chi connectivity index (χ4n) is 1.17. The summed E-state index contributed by atoms with van der Waals surface area (Å²) in [6.45, 7) is 2.40. The average molecular weight is 269 g/mol. The Balaban J connectivity index is 2.51. The number of aliphatic hydroxyl groups excluding tert-OH is 1. The summed E-state index contributed by atoms with van der Waals surface area (Å²) in [4.78, 5) is 0. The molecule has 3 nitrogen and oxygen atoms in total. The summed E-state index contributed by atoms with van der Waals surface area (Å²) in [6.07, 6.45) is -0.457. The largest absolute Gasteiger partial charge is 0.390 e. The van der Waals surface area contributed by atoms with Gasteiger partial charge in [-0.2, -0.15) is 5.26 Å². The van der Waals surface area contributed by atoms with Crippen LogP contribution >= 0.6 is 15.9 Å². The van der Waals surface area contributed by atoms with Gasteiger partial charge in [-0.1, -0.05) is 15.9 Å². The SMILES string of the molecule is Cc1cc(NCC(O)CC#N)ccc1Br. The molecule has 1 rings (SSSR count). The van der Waals surface area contributed by atoms with Crippen LogP contribution < -0.4 is 5.32 Å². The number of anilines is 1. The Kier molecular flexibility index (Phi) is 4.60. The first kappa shape index (κ1) is 12.0. The lowest BCUT2D eigenvalue weighted by molar-refractivity contribution is 0.193. The number of nitriles is 1. The highest BCUT2D eigenvalue weighted by Gasteiger charge is 2.03. The summed E-state index contributed by atoms with van der Waals surface area (Å²) < 4.78 is 1.06. The van der Waals surface area contributed by atoms with Crippen LogP contribution in [-0.2, 0) is 0 Å². The Morgan fingerprint density at radius 1 is 1.60 bits per heavy atom. The van der Waals surface area contributed by atoms with Gasteiger partial charge in [-0.3, -0.25) is 0 Å². The molecule has 0 amide bonds. The van der Waals surface area contributed by atoms with Crippen LogP contribution in [0.2, 0.25) is 0 Å². The van der Waals surface area contributed by atoms with Gasteiger partial charge in [0.05, 0.1) is 18.6 Å². The number of nitrogens with one attached hydrogen (secondary N) is 1. The zero-order valence-corrected chi connectivity index (χ0v) is 10.1. The molecule has 0 aliphatic heterocycles. The molecule has 1 aromatic rings. The Labute approximate surface area is 97.9 Å². The van der Waals surface area contributed by atoms with Crippen LogP contribution in [0, 0.1) is 18.3 Å². The van der Waals surface area contributed by atoms with Crippen LogP contribution in [0.15, 0.2) is 22.7 Å². The second kappa shape index (κ2) is 5.74. The van der Waals surface area contributed by atoms with E-state index in [1.807, 2.05) is 31.2 Å². The number of aryl methyl sites for hydroxylation is 1. The van der Waals surface area contributed by atoms with E-state index in [0.29, 0.717) is 6.54 Å². The molecule has 2 N–H and O–H groups in total. The highest BCUT2D eigenvalue weighted by molar-refractivity contribution is 9.10. The first-order valence-electron chi connectivity index (χ1n) is 4.68. The lowest BCUT2D eigenvalue weighted by atomic mass is 10.2. The molecule has 0 saturated heterocycles. The predicted molar refractivity (Wildman–Crippen MR) is 63.6 cm³/mol. The molecule has 1 aromatic carbocycles. The number of aliphatic hydroxyl groups is 1. The summed E-state index contributed by atoms with van der Waals surface area (Å²) >= 11 is 3.41. The average Bonchev–Trinajstić information content (AvgIpc) is 2.20. The van der Waals surface area contributed by atoms with E-state index in [2.05, 4.69) is 21.2 Å². The van der Waals surface area contributed by atoms with Gasteiger partial charge in [-0.15, -0.1) is 0 Å². The molecular weight excluding hydrogens is 256 g/mol. The number of hydrogen-bond donors (Lipinski definition) is 2. The summed E-state index contributed by atoms with van der Waals surface area (Å²) in [5.74, 6) is 0. The van der Waals surface area contributed by atoms with E-state index in [0.717, 1.165) is 15.7 Å². The van der Waals surface area contributed by atoms with E-state index in [9.17, 15) is 5.11 Å². The van der Waals surface area contributed by atoms with Crippen molar-refractivity contribution >= 4 is 21.6 Å². The quantitative estimate of drug-likeness (QED) is 0.882. The van der Waals surface area contributed by atoms with Gasteiger partial charge < -0.3 is 10.4 Å². The molecule has 0 aliphatic rings. The van der Waals surface area contributed by atoms with Crippen molar-refractivity contribution in [3.05, 3.63) is 28.2 Å². The maximum atomic E-state index is 9.34. The van der Waals surface area contributed by atoms with Crippen molar-refractivity contribution in [3.8, 4) is 6.07 Å². The smallest absolute Gasteiger partial charge is 0.0842 e.